The van der Waals surface area contributed by atoms with Gasteiger partial charge >= 0.3 is 12.0 Å². The van der Waals surface area contributed by atoms with Crippen molar-refractivity contribution >= 4 is 12.0 Å². The molecule has 1 saturated carbocycles. The summed E-state index contributed by atoms with van der Waals surface area (Å²) in [5.41, 5.74) is 0. The van der Waals surface area contributed by atoms with Crippen LogP contribution in [0.3, 0.4) is 0 Å². The number of carboxylic acids is 1. The van der Waals surface area contributed by atoms with Gasteiger partial charge in [-0.1, -0.05) is 12.8 Å². The number of aliphatic carboxylic acids is 1. The molecule has 0 aromatic heterocycles. The third kappa shape index (κ3) is 3.46. The Bertz CT molecular complexity index is 318. The fourth-order valence-corrected chi connectivity index (χ4v) is 1.39. The predicted octanol–water partition coefficient (Wildman–Crippen LogP) is 0.657. The lowest BCUT2D eigenvalue weighted by Gasteiger charge is -2.22. The molecule has 1 aliphatic carbocycles. The zero-order valence-corrected chi connectivity index (χ0v) is 9.27. The number of carbonyl (C=O) groups is 2. The van der Waals surface area contributed by atoms with Crippen LogP contribution in [-0.4, -0.2) is 40.6 Å². The van der Waals surface area contributed by atoms with E-state index in [1.165, 1.54) is 4.90 Å². The third-order valence-electron chi connectivity index (χ3n) is 2.46. The van der Waals surface area contributed by atoms with E-state index in [4.69, 9.17) is 11.5 Å². The maximum absolute atomic E-state index is 11.7. The predicted molar refractivity (Wildman–Crippen MR) is 58.8 cm³/mol. The van der Waals surface area contributed by atoms with Gasteiger partial charge in [0.2, 0.25) is 0 Å². The Morgan fingerprint density at radius 3 is 2.62 bits per heavy atom. The van der Waals surface area contributed by atoms with Gasteiger partial charge in [-0.2, -0.15) is 0 Å². The average Bonchev–Trinajstić information content (AvgIpc) is 3.05. The van der Waals surface area contributed by atoms with Crippen LogP contribution >= 0.6 is 0 Å². The van der Waals surface area contributed by atoms with Crippen molar-refractivity contribution < 1.29 is 14.7 Å². The second-order valence-electron chi connectivity index (χ2n) is 3.83. The first-order chi connectivity index (χ1) is 7.58. The van der Waals surface area contributed by atoms with Crippen LogP contribution in [0.15, 0.2) is 0 Å². The van der Waals surface area contributed by atoms with Crippen LogP contribution in [-0.2, 0) is 4.79 Å². The van der Waals surface area contributed by atoms with E-state index in [2.05, 4.69) is 11.2 Å². The molecule has 1 aliphatic rings. The SMILES string of the molecule is C#CC(CC)NC(=O)N(CC(=O)O)C1CC1. The highest BCUT2D eigenvalue weighted by molar-refractivity contribution is 5.81. The standard InChI is InChI=1S/C11H16N2O3/c1-3-8(4-2)12-11(16)13(7-10(14)15)9-5-6-9/h1,8-9H,4-7H2,2H3,(H,12,16)(H,14,15). The Kier molecular flexibility index (Phi) is 4.18. The van der Waals surface area contributed by atoms with E-state index in [1.807, 2.05) is 6.92 Å². The number of rotatable bonds is 5. The lowest BCUT2D eigenvalue weighted by atomic mass is 10.2. The number of carbonyl (C=O) groups excluding carboxylic acids is 1. The Balaban J connectivity index is 2.54. The highest BCUT2D eigenvalue weighted by Gasteiger charge is 2.34. The summed E-state index contributed by atoms with van der Waals surface area (Å²) in [6, 6.07) is -0.649. The molecule has 1 rings (SSSR count). The lowest BCUT2D eigenvalue weighted by Crippen LogP contribution is -2.47. The number of carboxylic acid groups (broad SMARTS) is 1. The summed E-state index contributed by atoms with van der Waals surface area (Å²) >= 11 is 0. The van der Waals surface area contributed by atoms with Crippen molar-refractivity contribution in [1.29, 1.82) is 0 Å². The van der Waals surface area contributed by atoms with Gasteiger partial charge in [-0.15, -0.1) is 6.42 Å². The average molecular weight is 224 g/mol. The van der Waals surface area contributed by atoms with Gasteiger partial charge in [0.05, 0.1) is 6.04 Å². The van der Waals surface area contributed by atoms with Crippen LogP contribution in [0.1, 0.15) is 26.2 Å². The topological polar surface area (TPSA) is 69.6 Å². The first-order valence-corrected chi connectivity index (χ1v) is 5.33. The largest absolute Gasteiger partial charge is 0.480 e. The third-order valence-corrected chi connectivity index (χ3v) is 2.46. The molecule has 1 atom stereocenters. The summed E-state index contributed by atoms with van der Waals surface area (Å²) in [7, 11) is 0. The van der Waals surface area contributed by atoms with Crippen LogP contribution in [0.2, 0.25) is 0 Å². The zero-order chi connectivity index (χ0) is 12.1. The molecule has 0 aromatic rings. The van der Waals surface area contributed by atoms with E-state index in [9.17, 15) is 9.59 Å². The van der Waals surface area contributed by atoms with Gasteiger partial charge in [0.15, 0.2) is 0 Å². The molecule has 0 heterocycles. The minimum absolute atomic E-state index is 0.0615. The minimum Gasteiger partial charge on any atom is -0.480 e. The number of hydrogen-bond acceptors (Lipinski definition) is 2. The molecule has 16 heavy (non-hydrogen) atoms. The molecule has 88 valence electrons. The van der Waals surface area contributed by atoms with Crippen LogP contribution in [0.5, 0.6) is 0 Å². The van der Waals surface area contributed by atoms with E-state index >= 15 is 0 Å². The normalized spacial score (nSPS) is 16.0. The quantitative estimate of drug-likeness (QED) is 0.674. The van der Waals surface area contributed by atoms with E-state index in [0.717, 1.165) is 12.8 Å². The molecule has 5 heteroatoms. The molecule has 1 fully saturated rings. The minimum atomic E-state index is -1.00. The van der Waals surface area contributed by atoms with Crippen molar-refractivity contribution in [3.8, 4) is 12.3 Å². The van der Waals surface area contributed by atoms with Crippen LogP contribution in [0.4, 0.5) is 4.79 Å². The maximum atomic E-state index is 11.7. The van der Waals surface area contributed by atoms with Crippen LogP contribution in [0.25, 0.3) is 0 Å². The number of urea groups is 1. The van der Waals surface area contributed by atoms with Gasteiger partial charge in [0.25, 0.3) is 0 Å². The van der Waals surface area contributed by atoms with Gasteiger partial charge < -0.3 is 15.3 Å². The van der Waals surface area contributed by atoms with Gasteiger partial charge in [-0.05, 0) is 19.3 Å². The van der Waals surface area contributed by atoms with Crippen molar-refractivity contribution in [3.05, 3.63) is 0 Å². The van der Waals surface area contributed by atoms with Crippen LogP contribution in [0, 0.1) is 12.3 Å². The second-order valence-corrected chi connectivity index (χ2v) is 3.83. The highest BCUT2D eigenvalue weighted by Crippen LogP contribution is 2.26. The number of amides is 2. The molecule has 1 unspecified atom stereocenters. The lowest BCUT2D eigenvalue weighted by molar-refractivity contribution is -0.137. The van der Waals surface area contributed by atoms with Gasteiger partial charge in [0.1, 0.15) is 6.54 Å². The number of terminal acetylenes is 1. The summed E-state index contributed by atoms with van der Waals surface area (Å²) in [6.07, 6.45) is 7.60. The summed E-state index contributed by atoms with van der Waals surface area (Å²) in [6.45, 7) is 1.60. The molecule has 0 radical (unpaired) electrons. The van der Waals surface area contributed by atoms with Gasteiger partial charge in [-0.25, -0.2) is 4.79 Å². The first-order valence-electron chi connectivity index (χ1n) is 5.33. The monoisotopic (exact) mass is 224 g/mol. The maximum Gasteiger partial charge on any atom is 0.323 e. The summed E-state index contributed by atoms with van der Waals surface area (Å²) in [4.78, 5) is 23.7. The van der Waals surface area contributed by atoms with Crippen molar-refractivity contribution in [2.75, 3.05) is 6.54 Å². The first kappa shape index (κ1) is 12.4. The molecule has 5 nitrogen and oxygen atoms in total. The van der Waals surface area contributed by atoms with Crippen LogP contribution < -0.4 is 5.32 Å². The van der Waals surface area contributed by atoms with Crippen molar-refractivity contribution in [1.82, 2.24) is 10.2 Å². The van der Waals surface area contributed by atoms with E-state index < -0.39 is 5.97 Å². The molecule has 0 aromatic carbocycles. The zero-order valence-electron chi connectivity index (χ0n) is 9.27. The molecule has 0 spiro atoms. The van der Waals surface area contributed by atoms with Gasteiger partial charge in [-0.3, -0.25) is 4.79 Å². The number of hydrogen-bond donors (Lipinski definition) is 2. The van der Waals surface area contributed by atoms with E-state index in [-0.39, 0.29) is 24.7 Å². The molecule has 0 bridgehead atoms. The molecule has 0 aliphatic heterocycles. The Morgan fingerprint density at radius 1 is 1.62 bits per heavy atom. The summed E-state index contributed by atoms with van der Waals surface area (Å²) < 4.78 is 0. The molecule has 2 amide bonds. The highest BCUT2D eigenvalue weighted by atomic mass is 16.4. The molecule has 0 saturated heterocycles. The number of nitrogens with zero attached hydrogens (tertiary/aromatic N) is 1. The van der Waals surface area contributed by atoms with E-state index in [1.54, 1.807) is 0 Å². The fourth-order valence-electron chi connectivity index (χ4n) is 1.39. The Morgan fingerprint density at radius 2 is 2.25 bits per heavy atom. The number of nitrogens with one attached hydrogen (secondary N) is 1. The summed E-state index contributed by atoms with van der Waals surface area (Å²) in [5.74, 6) is 1.44. The second kappa shape index (κ2) is 5.40. The Labute approximate surface area is 94.8 Å². The molecule has 2 N–H and O–H groups in total. The molecular weight excluding hydrogens is 208 g/mol. The van der Waals surface area contributed by atoms with Crippen molar-refractivity contribution in [2.45, 2.75) is 38.3 Å². The van der Waals surface area contributed by atoms with Crippen molar-refractivity contribution in [3.63, 3.8) is 0 Å². The Hall–Kier alpha value is -1.70. The van der Waals surface area contributed by atoms with Gasteiger partial charge in [0, 0.05) is 6.04 Å². The van der Waals surface area contributed by atoms with Crippen molar-refractivity contribution in [2.24, 2.45) is 0 Å². The fraction of sp³-hybridized carbons (Fsp3) is 0.636. The summed E-state index contributed by atoms with van der Waals surface area (Å²) in [5, 5.41) is 11.3. The smallest absolute Gasteiger partial charge is 0.323 e. The molecular formula is C11H16N2O3. The van der Waals surface area contributed by atoms with E-state index in [0.29, 0.717) is 6.42 Å².